The van der Waals surface area contributed by atoms with Crippen molar-refractivity contribution in [2.45, 2.75) is 71.4 Å². The Hall–Kier alpha value is -0.120. The molecule has 3 nitrogen and oxygen atoms in total. The number of ether oxygens (including phenoxy) is 1. The van der Waals surface area contributed by atoms with Crippen LogP contribution in [0.15, 0.2) is 0 Å². The molecule has 0 aromatic carbocycles. The lowest BCUT2D eigenvalue weighted by Crippen LogP contribution is -2.56. The van der Waals surface area contributed by atoms with Crippen LogP contribution in [0.2, 0.25) is 0 Å². The highest BCUT2D eigenvalue weighted by atomic mass is 16.5. The quantitative estimate of drug-likeness (QED) is 0.700. The maximum Gasteiger partial charge on any atom is 0.0703 e. The number of hydrogen-bond acceptors (Lipinski definition) is 3. The highest BCUT2D eigenvalue weighted by Gasteiger charge is 2.35. The largest absolute Gasteiger partial charge is 0.377 e. The molecule has 0 amide bonds. The Bertz CT molecular complexity index is 235. The molecule has 1 fully saturated rings. The van der Waals surface area contributed by atoms with Crippen molar-refractivity contribution >= 4 is 0 Å². The fraction of sp³-hybridized carbons (Fsp3) is 1.00. The van der Waals surface area contributed by atoms with Crippen LogP contribution < -0.4 is 5.73 Å². The minimum absolute atomic E-state index is 0.163. The van der Waals surface area contributed by atoms with Crippen LogP contribution in [-0.4, -0.2) is 42.8 Å². The second-order valence-electron chi connectivity index (χ2n) is 6.17. The van der Waals surface area contributed by atoms with Gasteiger partial charge in [-0.05, 0) is 38.1 Å². The van der Waals surface area contributed by atoms with Crippen LogP contribution in [0.25, 0.3) is 0 Å². The second kappa shape index (κ2) is 8.23. The molecule has 0 aliphatic carbocycles. The third-order valence-corrected chi connectivity index (χ3v) is 4.96. The maximum atomic E-state index is 6.19. The van der Waals surface area contributed by atoms with Crippen molar-refractivity contribution in [1.82, 2.24) is 4.90 Å². The zero-order valence-corrected chi connectivity index (χ0v) is 13.5. The number of nitrogens with zero attached hydrogens (tertiary/aromatic N) is 1. The highest BCUT2D eigenvalue weighted by Crippen LogP contribution is 2.29. The van der Waals surface area contributed by atoms with Crippen molar-refractivity contribution < 1.29 is 4.74 Å². The molecule has 1 aliphatic rings. The summed E-state index contributed by atoms with van der Waals surface area (Å²) in [4.78, 5) is 2.59. The lowest BCUT2D eigenvalue weighted by atomic mass is 9.82. The van der Waals surface area contributed by atoms with E-state index in [1.54, 1.807) is 0 Å². The molecule has 19 heavy (non-hydrogen) atoms. The van der Waals surface area contributed by atoms with Crippen molar-refractivity contribution in [1.29, 1.82) is 0 Å². The van der Waals surface area contributed by atoms with Crippen LogP contribution in [0, 0.1) is 5.92 Å². The van der Waals surface area contributed by atoms with Gasteiger partial charge in [0.05, 0.1) is 6.10 Å². The summed E-state index contributed by atoms with van der Waals surface area (Å²) in [6.45, 7) is 13.0. The number of nitrogens with two attached hydrogens (primary N) is 1. The fourth-order valence-electron chi connectivity index (χ4n) is 3.34. The van der Waals surface area contributed by atoms with E-state index in [0.717, 1.165) is 38.6 Å². The molecule has 0 saturated carbocycles. The Kier molecular flexibility index (Phi) is 7.33. The third kappa shape index (κ3) is 4.44. The summed E-state index contributed by atoms with van der Waals surface area (Å²) in [6.07, 6.45) is 6.43. The van der Waals surface area contributed by atoms with Gasteiger partial charge in [-0.2, -0.15) is 0 Å². The first kappa shape index (κ1) is 16.9. The van der Waals surface area contributed by atoms with E-state index in [4.69, 9.17) is 10.5 Å². The van der Waals surface area contributed by atoms with Gasteiger partial charge in [-0.15, -0.1) is 0 Å². The molecule has 0 radical (unpaired) electrons. The van der Waals surface area contributed by atoms with Crippen molar-refractivity contribution in [3.8, 4) is 0 Å². The molecule has 1 saturated heterocycles. The van der Waals surface area contributed by atoms with Gasteiger partial charge in [0.1, 0.15) is 0 Å². The van der Waals surface area contributed by atoms with Crippen LogP contribution in [0.3, 0.4) is 0 Å². The topological polar surface area (TPSA) is 38.5 Å². The molecule has 3 unspecified atom stereocenters. The summed E-state index contributed by atoms with van der Waals surface area (Å²) in [5, 5.41) is 0. The summed E-state index contributed by atoms with van der Waals surface area (Å²) in [5.74, 6) is 0.738. The maximum absolute atomic E-state index is 6.19. The Morgan fingerprint density at radius 3 is 2.53 bits per heavy atom. The van der Waals surface area contributed by atoms with E-state index >= 15 is 0 Å². The van der Waals surface area contributed by atoms with E-state index in [0.29, 0.717) is 6.10 Å². The molecule has 2 N–H and O–H groups in total. The second-order valence-corrected chi connectivity index (χ2v) is 6.17. The third-order valence-electron chi connectivity index (χ3n) is 4.96. The summed E-state index contributed by atoms with van der Waals surface area (Å²) in [7, 11) is 0. The van der Waals surface area contributed by atoms with Crippen LogP contribution in [-0.2, 0) is 4.74 Å². The lowest BCUT2D eigenvalue weighted by Gasteiger charge is -2.45. The molecule has 3 atom stereocenters. The van der Waals surface area contributed by atoms with Crippen LogP contribution in [0.5, 0.6) is 0 Å². The van der Waals surface area contributed by atoms with E-state index in [-0.39, 0.29) is 5.54 Å². The molecule has 114 valence electrons. The zero-order chi connectivity index (χ0) is 14.3. The van der Waals surface area contributed by atoms with Crippen molar-refractivity contribution in [3.05, 3.63) is 0 Å². The minimum atomic E-state index is 0.163. The normalized spacial score (nSPS) is 24.6. The predicted octanol–water partition coefficient (Wildman–Crippen LogP) is 3.03. The molecule has 0 aromatic rings. The first-order valence-electron chi connectivity index (χ1n) is 8.18. The lowest BCUT2D eigenvalue weighted by molar-refractivity contribution is 0.0114. The molecule has 1 rings (SSSR count). The molecular weight excluding hydrogens is 236 g/mol. The van der Waals surface area contributed by atoms with Gasteiger partial charge >= 0.3 is 0 Å². The van der Waals surface area contributed by atoms with Gasteiger partial charge in [0.15, 0.2) is 0 Å². The standard InChI is InChI=1S/C16H34N2O/c1-5-14(4)11-16(6-2,13-17)18(7-3)12-15-9-8-10-19-15/h14-15H,5-13,17H2,1-4H3. The molecular formula is C16H34N2O. The van der Waals surface area contributed by atoms with E-state index in [1.165, 1.54) is 25.7 Å². The summed E-state index contributed by atoms with van der Waals surface area (Å²) in [5.41, 5.74) is 6.35. The number of likely N-dealkylation sites (N-methyl/N-ethyl adjacent to an activating group) is 1. The SMILES string of the molecule is CCC(C)CC(CC)(CN)N(CC)CC1CCCO1. The van der Waals surface area contributed by atoms with Gasteiger partial charge in [0.2, 0.25) is 0 Å². The Balaban J connectivity index is 2.73. The van der Waals surface area contributed by atoms with Gasteiger partial charge < -0.3 is 10.5 Å². The Labute approximate surface area is 119 Å². The Morgan fingerprint density at radius 1 is 1.37 bits per heavy atom. The predicted molar refractivity (Wildman–Crippen MR) is 82.4 cm³/mol. The average molecular weight is 270 g/mol. The average Bonchev–Trinajstić information content (AvgIpc) is 2.95. The van der Waals surface area contributed by atoms with Gasteiger partial charge in [0, 0.05) is 25.2 Å². The molecule has 0 aromatic heterocycles. The summed E-state index contributed by atoms with van der Waals surface area (Å²) >= 11 is 0. The minimum Gasteiger partial charge on any atom is -0.377 e. The smallest absolute Gasteiger partial charge is 0.0703 e. The van der Waals surface area contributed by atoms with E-state index in [9.17, 15) is 0 Å². The van der Waals surface area contributed by atoms with Crippen LogP contribution in [0.1, 0.15) is 59.8 Å². The van der Waals surface area contributed by atoms with E-state index in [1.807, 2.05) is 0 Å². The van der Waals surface area contributed by atoms with Crippen molar-refractivity contribution in [3.63, 3.8) is 0 Å². The molecule has 1 heterocycles. The molecule has 0 spiro atoms. The number of rotatable bonds is 9. The van der Waals surface area contributed by atoms with Gasteiger partial charge in [0.25, 0.3) is 0 Å². The highest BCUT2D eigenvalue weighted by molar-refractivity contribution is 4.93. The van der Waals surface area contributed by atoms with Crippen LogP contribution in [0.4, 0.5) is 0 Å². The van der Waals surface area contributed by atoms with Crippen LogP contribution >= 0.6 is 0 Å². The van der Waals surface area contributed by atoms with Gasteiger partial charge in [-0.1, -0.05) is 34.1 Å². The first-order chi connectivity index (χ1) is 9.11. The van der Waals surface area contributed by atoms with Crippen molar-refractivity contribution in [2.24, 2.45) is 11.7 Å². The first-order valence-corrected chi connectivity index (χ1v) is 8.18. The van der Waals surface area contributed by atoms with E-state index in [2.05, 4.69) is 32.6 Å². The van der Waals surface area contributed by atoms with Crippen molar-refractivity contribution in [2.75, 3.05) is 26.2 Å². The van der Waals surface area contributed by atoms with Gasteiger partial charge in [-0.3, -0.25) is 4.90 Å². The molecule has 1 aliphatic heterocycles. The summed E-state index contributed by atoms with van der Waals surface area (Å²) in [6, 6.07) is 0. The Morgan fingerprint density at radius 2 is 2.11 bits per heavy atom. The zero-order valence-electron chi connectivity index (χ0n) is 13.5. The summed E-state index contributed by atoms with van der Waals surface area (Å²) < 4.78 is 5.82. The molecule has 3 heteroatoms. The van der Waals surface area contributed by atoms with E-state index < -0.39 is 0 Å². The molecule has 0 bridgehead atoms. The monoisotopic (exact) mass is 270 g/mol. The fourth-order valence-corrected chi connectivity index (χ4v) is 3.34. The van der Waals surface area contributed by atoms with Gasteiger partial charge in [-0.25, -0.2) is 0 Å². The number of hydrogen-bond donors (Lipinski definition) is 1.